The molecule has 1 aromatic carbocycles. The first-order valence-electron chi connectivity index (χ1n) is 4.44. The van der Waals surface area contributed by atoms with E-state index in [-0.39, 0.29) is 24.9 Å². The van der Waals surface area contributed by atoms with E-state index in [1.54, 1.807) is 25.1 Å². The van der Waals surface area contributed by atoms with E-state index in [1.807, 2.05) is 0 Å². The maximum atomic E-state index is 11.4. The lowest BCUT2D eigenvalue weighted by Gasteiger charge is -2.07. The van der Waals surface area contributed by atoms with Gasteiger partial charge < -0.3 is 16.2 Å². The zero-order valence-electron chi connectivity index (χ0n) is 8.53. The Bertz CT molecular complexity index is 342. The first kappa shape index (κ1) is 13.7. The van der Waals surface area contributed by atoms with E-state index in [2.05, 4.69) is 0 Å². The first-order chi connectivity index (χ1) is 6.69. The number of benzene rings is 1. The van der Waals surface area contributed by atoms with Crippen molar-refractivity contribution in [2.45, 2.75) is 13.5 Å². The van der Waals surface area contributed by atoms with Gasteiger partial charge in [0.15, 0.2) is 0 Å². The summed E-state index contributed by atoms with van der Waals surface area (Å²) >= 11 is 0. The van der Waals surface area contributed by atoms with E-state index in [0.717, 1.165) is 0 Å². The van der Waals surface area contributed by atoms with E-state index in [9.17, 15) is 4.79 Å². The fourth-order valence-electron chi connectivity index (χ4n) is 1.19. The SMILES string of the molecule is CCOC(=O)c1ccc(N)cc1CN.Cl. The molecule has 1 rings (SSSR count). The average molecular weight is 231 g/mol. The fourth-order valence-corrected chi connectivity index (χ4v) is 1.19. The largest absolute Gasteiger partial charge is 0.462 e. The fraction of sp³-hybridized carbons (Fsp3) is 0.300. The first-order valence-corrected chi connectivity index (χ1v) is 4.44. The lowest BCUT2D eigenvalue weighted by atomic mass is 10.1. The smallest absolute Gasteiger partial charge is 0.338 e. The van der Waals surface area contributed by atoms with Crippen LogP contribution in [0.5, 0.6) is 0 Å². The van der Waals surface area contributed by atoms with Gasteiger partial charge in [0.05, 0.1) is 12.2 Å². The quantitative estimate of drug-likeness (QED) is 0.607. The van der Waals surface area contributed by atoms with Crippen LogP contribution in [0.1, 0.15) is 22.8 Å². The molecule has 0 heterocycles. The van der Waals surface area contributed by atoms with Crippen LogP contribution in [-0.2, 0) is 11.3 Å². The molecule has 1 aromatic rings. The van der Waals surface area contributed by atoms with Gasteiger partial charge in [-0.2, -0.15) is 0 Å². The van der Waals surface area contributed by atoms with E-state index in [0.29, 0.717) is 23.4 Å². The molecule has 0 aliphatic rings. The molecule has 84 valence electrons. The molecule has 0 saturated heterocycles. The Morgan fingerprint density at radius 3 is 2.67 bits per heavy atom. The number of esters is 1. The second-order valence-electron chi connectivity index (χ2n) is 2.84. The highest BCUT2D eigenvalue weighted by Crippen LogP contribution is 2.14. The van der Waals surface area contributed by atoms with Gasteiger partial charge in [0.25, 0.3) is 0 Å². The molecule has 0 aliphatic carbocycles. The van der Waals surface area contributed by atoms with Gasteiger partial charge in [-0.05, 0) is 30.7 Å². The molecular weight excluding hydrogens is 216 g/mol. The van der Waals surface area contributed by atoms with Crippen LogP contribution in [-0.4, -0.2) is 12.6 Å². The number of halogens is 1. The number of hydrogen-bond donors (Lipinski definition) is 2. The Labute approximate surface area is 95.0 Å². The third kappa shape index (κ3) is 3.42. The number of anilines is 1. The number of hydrogen-bond acceptors (Lipinski definition) is 4. The van der Waals surface area contributed by atoms with Crippen molar-refractivity contribution >= 4 is 24.1 Å². The molecule has 0 radical (unpaired) electrons. The summed E-state index contributed by atoms with van der Waals surface area (Å²) in [6, 6.07) is 4.98. The van der Waals surface area contributed by atoms with Crippen molar-refractivity contribution in [2.24, 2.45) is 5.73 Å². The molecule has 15 heavy (non-hydrogen) atoms. The third-order valence-corrected chi connectivity index (χ3v) is 1.84. The summed E-state index contributed by atoms with van der Waals surface area (Å²) in [6.07, 6.45) is 0. The average Bonchev–Trinajstić information content (AvgIpc) is 2.17. The minimum atomic E-state index is -0.354. The number of nitrogens with two attached hydrogens (primary N) is 2. The van der Waals surface area contributed by atoms with Crippen molar-refractivity contribution in [3.63, 3.8) is 0 Å². The summed E-state index contributed by atoms with van der Waals surface area (Å²) in [4.78, 5) is 11.4. The van der Waals surface area contributed by atoms with Crippen molar-refractivity contribution in [3.05, 3.63) is 29.3 Å². The molecule has 4 N–H and O–H groups in total. The van der Waals surface area contributed by atoms with Crippen molar-refractivity contribution in [1.82, 2.24) is 0 Å². The van der Waals surface area contributed by atoms with Crippen LogP contribution in [0.25, 0.3) is 0 Å². The topological polar surface area (TPSA) is 78.3 Å². The van der Waals surface area contributed by atoms with E-state index in [1.165, 1.54) is 0 Å². The zero-order valence-corrected chi connectivity index (χ0v) is 9.34. The molecule has 0 amide bonds. The summed E-state index contributed by atoms with van der Waals surface area (Å²) in [5.74, 6) is -0.354. The number of carbonyl (C=O) groups excluding carboxylic acids is 1. The number of carbonyl (C=O) groups is 1. The van der Waals surface area contributed by atoms with Crippen LogP contribution in [0.15, 0.2) is 18.2 Å². The van der Waals surface area contributed by atoms with Gasteiger partial charge in [-0.15, -0.1) is 12.4 Å². The maximum absolute atomic E-state index is 11.4. The summed E-state index contributed by atoms with van der Waals surface area (Å²) in [6.45, 7) is 2.39. The Kier molecular flexibility index (Phi) is 5.74. The minimum Gasteiger partial charge on any atom is -0.462 e. The van der Waals surface area contributed by atoms with Gasteiger partial charge in [-0.25, -0.2) is 4.79 Å². The standard InChI is InChI=1S/C10H14N2O2.ClH/c1-2-14-10(13)9-4-3-8(12)5-7(9)6-11;/h3-5H,2,6,11-12H2,1H3;1H. The molecule has 0 unspecified atom stereocenters. The van der Waals surface area contributed by atoms with Gasteiger partial charge in [-0.1, -0.05) is 0 Å². The van der Waals surface area contributed by atoms with Crippen LogP contribution in [0.4, 0.5) is 5.69 Å². The molecule has 0 aliphatic heterocycles. The highest BCUT2D eigenvalue weighted by atomic mass is 35.5. The molecule has 4 nitrogen and oxygen atoms in total. The highest BCUT2D eigenvalue weighted by Gasteiger charge is 2.10. The van der Waals surface area contributed by atoms with Gasteiger partial charge in [-0.3, -0.25) is 0 Å². The van der Waals surface area contributed by atoms with Crippen LogP contribution < -0.4 is 11.5 Å². The van der Waals surface area contributed by atoms with Crippen LogP contribution in [0.2, 0.25) is 0 Å². The van der Waals surface area contributed by atoms with Gasteiger partial charge in [0.2, 0.25) is 0 Å². The summed E-state index contributed by atoms with van der Waals surface area (Å²) in [5, 5.41) is 0. The Morgan fingerprint density at radius 1 is 1.47 bits per heavy atom. The molecule has 5 heteroatoms. The van der Waals surface area contributed by atoms with Crippen molar-refractivity contribution in [3.8, 4) is 0 Å². The Balaban J connectivity index is 0.00000196. The predicted octanol–water partition coefficient (Wildman–Crippen LogP) is 1.33. The predicted molar refractivity (Wildman–Crippen MR) is 62.0 cm³/mol. The summed E-state index contributed by atoms with van der Waals surface area (Å²) in [7, 11) is 0. The zero-order chi connectivity index (χ0) is 10.6. The number of rotatable bonds is 3. The number of ether oxygens (including phenoxy) is 1. The van der Waals surface area contributed by atoms with Crippen LogP contribution >= 0.6 is 12.4 Å². The molecule has 0 atom stereocenters. The van der Waals surface area contributed by atoms with Crippen molar-refractivity contribution in [1.29, 1.82) is 0 Å². The van der Waals surface area contributed by atoms with Gasteiger partial charge in [0.1, 0.15) is 0 Å². The second kappa shape index (κ2) is 6.27. The van der Waals surface area contributed by atoms with Crippen molar-refractivity contribution < 1.29 is 9.53 Å². The Morgan fingerprint density at radius 2 is 2.13 bits per heavy atom. The number of nitrogen functional groups attached to an aromatic ring is 1. The monoisotopic (exact) mass is 230 g/mol. The molecule has 0 aromatic heterocycles. The van der Waals surface area contributed by atoms with E-state index < -0.39 is 0 Å². The molecule has 0 fully saturated rings. The molecule has 0 saturated carbocycles. The minimum absolute atomic E-state index is 0. The molecule has 0 bridgehead atoms. The normalized spacial score (nSPS) is 9.20. The van der Waals surface area contributed by atoms with Crippen LogP contribution in [0, 0.1) is 0 Å². The van der Waals surface area contributed by atoms with Crippen molar-refractivity contribution in [2.75, 3.05) is 12.3 Å². The second-order valence-corrected chi connectivity index (χ2v) is 2.84. The van der Waals surface area contributed by atoms with E-state index >= 15 is 0 Å². The maximum Gasteiger partial charge on any atom is 0.338 e. The molecular formula is C10H15ClN2O2. The van der Waals surface area contributed by atoms with Gasteiger partial charge >= 0.3 is 5.97 Å². The highest BCUT2D eigenvalue weighted by molar-refractivity contribution is 5.91. The van der Waals surface area contributed by atoms with Gasteiger partial charge in [0, 0.05) is 12.2 Å². The lowest BCUT2D eigenvalue weighted by molar-refractivity contribution is 0.0525. The Hall–Kier alpha value is -1.26. The molecule has 0 spiro atoms. The summed E-state index contributed by atoms with van der Waals surface area (Å²) < 4.78 is 4.87. The van der Waals surface area contributed by atoms with Crippen LogP contribution in [0.3, 0.4) is 0 Å². The summed E-state index contributed by atoms with van der Waals surface area (Å²) in [5.41, 5.74) is 12.9. The van der Waals surface area contributed by atoms with E-state index in [4.69, 9.17) is 16.2 Å². The third-order valence-electron chi connectivity index (χ3n) is 1.84. The lowest BCUT2D eigenvalue weighted by Crippen LogP contribution is -2.11.